The number of nitro groups is 1. The van der Waals surface area contributed by atoms with E-state index < -0.39 is 4.92 Å². The van der Waals surface area contributed by atoms with E-state index in [1.54, 1.807) is 19.1 Å². The summed E-state index contributed by atoms with van der Waals surface area (Å²) in [5.41, 5.74) is 0.805. The van der Waals surface area contributed by atoms with Crippen LogP contribution >= 0.6 is 0 Å². The normalized spacial score (nSPS) is 21.8. The molecular formula is C15H21N3O3. The quantitative estimate of drug-likeness (QED) is 0.656. The van der Waals surface area contributed by atoms with Crippen LogP contribution < -0.4 is 10.6 Å². The molecule has 6 nitrogen and oxygen atoms in total. The van der Waals surface area contributed by atoms with E-state index in [1.165, 1.54) is 6.07 Å². The number of hydrogen-bond donors (Lipinski definition) is 2. The Bertz CT molecular complexity index is 551. The van der Waals surface area contributed by atoms with Gasteiger partial charge in [-0.2, -0.15) is 0 Å². The molecule has 1 amide bonds. The number of carbonyl (C=O) groups excluding carboxylic acids is 1. The summed E-state index contributed by atoms with van der Waals surface area (Å²) in [5, 5.41) is 17.2. The van der Waals surface area contributed by atoms with E-state index in [-0.39, 0.29) is 17.0 Å². The monoisotopic (exact) mass is 291 g/mol. The summed E-state index contributed by atoms with van der Waals surface area (Å²) in [6.45, 7) is 6.21. The third-order valence-corrected chi connectivity index (χ3v) is 4.11. The molecule has 1 unspecified atom stereocenters. The van der Waals surface area contributed by atoms with Crippen LogP contribution in [0.5, 0.6) is 0 Å². The number of amides is 1. The molecule has 1 aromatic rings. The summed E-state index contributed by atoms with van der Waals surface area (Å²) < 4.78 is 0. The fraction of sp³-hybridized carbons (Fsp3) is 0.533. The first kappa shape index (κ1) is 15.4. The van der Waals surface area contributed by atoms with Crippen LogP contribution in [0.15, 0.2) is 18.2 Å². The lowest BCUT2D eigenvalue weighted by atomic mass is 9.82. The number of nitrogens with zero attached hydrogens (tertiary/aromatic N) is 1. The summed E-state index contributed by atoms with van der Waals surface area (Å²) >= 11 is 0. The summed E-state index contributed by atoms with van der Waals surface area (Å²) in [4.78, 5) is 22.7. The maximum atomic E-state index is 12.3. The highest BCUT2D eigenvalue weighted by Gasteiger charge is 2.27. The molecule has 1 heterocycles. The zero-order valence-electron chi connectivity index (χ0n) is 12.4. The fourth-order valence-electron chi connectivity index (χ4n) is 2.73. The van der Waals surface area contributed by atoms with Gasteiger partial charge < -0.3 is 10.6 Å². The van der Waals surface area contributed by atoms with Gasteiger partial charge in [0.15, 0.2) is 0 Å². The molecule has 0 aromatic heterocycles. The van der Waals surface area contributed by atoms with Crippen LogP contribution in [0.1, 0.15) is 35.7 Å². The highest BCUT2D eigenvalue weighted by Crippen LogP contribution is 2.25. The van der Waals surface area contributed by atoms with Gasteiger partial charge in [0.2, 0.25) is 0 Å². The number of nitro benzene ring substituents is 1. The van der Waals surface area contributed by atoms with Gasteiger partial charge in [0.25, 0.3) is 11.6 Å². The van der Waals surface area contributed by atoms with Gasteiger partial charge >= 0.3 is 0 Å². The van der Waals surface area contributed by atoms with Gasteiger partial charge in [0, 0.05) is 30.3 Å². The van der Waals surface area contributed by atoms with E-state index in [9.17, 15) is 14.9 Å². The van der Waals surface area contributed by atoms with E-state index in [0.29, 0.717) is 17.7 Å². The van der Waals surface area contributed by atoms with Gasteiger partial charge in [-0.25, -0.2) is 0 Å². The van der Waals surface area contributed by atoms with Crippen molar-refractivity contribution in [3.63, 3.8) is 0 Å². The van der Waals surface area contributed by atoms with Crippen molar-refractivity contribution in [2.75, 3.05) is 19.6 Å². The summed E-state index contributed by atoms with van der Waals surface area (Å²) in [5.74, 6) is -0.247. The fourth-order valence-corrected chi connectivity index (χ4v) is 2.73. The zero-order valence-corrected chi connectivity index (χ0v) is 12.4. The van der Waals surface area contributed by atoms with Crippen LogP contribution in [-0.2, 0) is 0 Å². The Morgan fingerprint density at radius 2 is 2.29 bits per heavy atom. The average molecular weight is 291 g/mol. The molecule has 2 N–H and O–H groups in total. The highest BCUT2D eigenvalue weighted by atomic mass is 16.6. The van der Waals surface area contributed by atoms with Crippen LogP contribution in [0.3, 0.4) is 0 Å². The molecule has 6 heteroatoms. The summed E-state index contributed by atoms with van der Waals surface area (Å²) in [7, 11) is 0. The molecule has 0 spiro atoms. The Morgan fingerprint density at radius 1 is 1.52 bits per heavy atom. The van der Waals surface area contributed by atoms with E-state index in [0.717, 1.165) is 25.9 Å². The van der Waals surface area contributed by atoms with Gasteiger partial charge in [-0.1, -0.05) is 13.0 Å². The second-order valence-electron chi connectivity index (χ2n) is 5.98. The Morgan fingerprint density at radius 3 is 2.90 bits per heavy atom. The number of piperidine rings is 1. The minimum atomic E-state index is -0.460. The smallest absolute Gasteiger partial charge is 0.273 e. The Kier molecular flexibility index (Phi) is 4.57. The SMILES string of the molecule is Cc1c(C(=O)NCC2(C)CCCNC2)cccc1[N+](=O)[O-]. The number of benzene rings is 1. The maximum absolute atomic E-state index is 12.3. The maximum Gasteiger partial charge on any atom is 0.273 e. The van der Waals surface area contributed by atoms with Gasteiger partial charge in [0.05, 0.1) is 4.92 Å². The Balaban J connectivity index is 2.07. The van der Waals surface area contributed by atoms with Crippen molar-refractivity contribution in [1.29, 1.82) is 0 Å². The molecule has 2 rings (SSSR count). The van der Waals surface area contributed by atoms with Crippen LogP contribution in [0.25, 0.3) is 0 Å². The first-order valence-electron chi connectivity index (χ1n) is 7.16. The molecule has 114 valence electrons. The Hall–Kier alpha value is -1.95. The standard InChI is InChI=1S/C15H21N3O3/c1-11-12(5-3-6-13(11)18(20)21)14(19)17-10-15(2)7-4-8-16-9-15/h3,5-6,16H,4,7-10H2,1-2H3,(H,17,19). The van der Waals surface area contributed by atoms with Crippen molar-refractivity contribution < 1.29 is 9.72 Å². The van der Waals surface area contributed by atoms with E-state index in [1.807, 2.05) is 0 Å². The first-order chi connectivity index (χ1) is 9.93. The number of hydrogen-bond acceptors (Lipinski definition) is 4. The van der Waals surface area contributed by atoms with Crippen molar-refractivity contribution in [2.45, 2.75) is 26.7 Å². The second-order valence-corrected chi connectivity index (χ2v) is 5.98. The highest BCUT2D eigenvalue weighted by molar-refractivity contribution is 5.96. The average Bonchev–Trinajstić information content (AvgIpc) is 2.45. The van der Waals surface area contributed by atoms with Crippen LogP contribution in [-0.4, -0.2) is 30.5 Å². The molecule has 0 aliphatic carbocycles. The lowest BCUT2D eigenvalue weighted by Crippen LogP contribution is -2.45. The van der Waals surface area contributed by atoms with E-state index >= 15 is 0 Å². The molecule has 1 fully saturated rings. The molecule has 1 atom stereocenters. The number of rotatable bonds is 4. The third-order valence-electron chi connectivity index (χ3n) is 4.11. The summed E-state index contributed by atoms with van der Waals surface area (Å²) in [6.07, 6.45) is 2.16. The minimum Gasteiger partial charge on any atom is -0.351 e. The molecule has 21 heavy (non-hydrogen) atoms. The second kappa shape index (κ2) is 6.22. The van der Waals surface area contributed by atoms with E-state index in [2.05, 4.69) is 17.6 Å². The number of carbonyl (C=O) groups is 1. The summed E-state index contributed by atoms with van der Waals surface area (Å²) in [6, 6.07) is 4.58. The van der Waals surface area contributed by atoms with E-state index in [4.69, 9.17) is 0 Å². The van der Waals surface area contributed by atoms with Crippen molar-refractivity contribution in [2.24, 2.45) is 5.41 Å². The largest absolute Gasteiger partial charge is 0.351 e. The topological polar surface area (TPSA) is 84.3 Å². The molecular weight excluding hydrogens is 270 g/mol. The lowest BCUT2D eigenvalue weighted by Gasteiger charge is -2.34. The van der Waals surface area contributed by atoms with Gasteiger partial charge in [-0.3, -0.25) is 14.9 Å². The van der Waals surface area contributed by atoms with Gasteiger partial charge in [-0.15, -0.1) is 0 Å². The van der Waals surface area contributed by atoms with Crippen LogP contribution in [0, 0.1) is 22.5 Å². The molecule has 0 bridgehead atoms. The molecule has 1 aliphatic heterocycles. The van der Waals surface area contributed by atoms with Crippen molar-refractivity contribution >= 4 is 11.6 Å². The molecule has 0 saturated carbocycles. The molecule has 1 saturated heterocycles. The van der Waals surface area contributed by atoms with Crippen molar-refractivity contribution in [3.05, 3.63) is 39.4 Å². The van der Waals surface area contributed by atoms with Crippen LogP contribution in [0.2, 0.25) is 0 Å². The third kappa shape index (κ3) is 3.58. The van der Waals surface area contributed by atoms with Gasteiger partial charge in [-0.05, 0) is 37.8 Å². The van der Waals surface area contributed by atoms with Crippen molar-refractivity contribution in [3.8, 4) is 0 Å². The van der Waals surface area contributed by atoms with Crippen molar-refractivity contribution in [1.82, 2.24) is 10.6 Å². The predicted octanol–water partition coefficient (Wildman–Crippen LogP) is 2.02. The van der Waals surface area contributed by atoms with Crippen LogP contribution in [0.4, 0.5) is 5.69 Å². The molecule has 0 radical (unpaired) electrons. The molecule has 1 aliphatic rings. The molecule has 1 aromatic carbocycles. The Labute approximate surface area is 124 Å². The lowest BCUT2D eigenvalue weighted by molar-refractivity contribution is -0.385. The first-order valence-corrected chi connectivity index (χ1v) is 7.16. The van der Waals surface area contributed by atoms with Gasteiger partial charge in [0.1, 0.15) is 0 Å². The minimum absolute atomic E-state index is 0.0202. The number of nitrogens with one attached hydrogen (secondary N) is 2. The predicted molar refractivity (Wildman–Crippen MR) is 80.4 cm³/mol. The zero-order chi connectivity index (χ0) is 15.5.